The molecule has 0 fully saturated rings. The summed E-state index contributed by atoms with van der Waals surface area (Å²) in [6.45, 7) is 0. The molecule has 0 unspecified atom stereocenters. The highest BCUT2D eigenvalue weighted by molar-refractivity contribution is 7.73. The Morgan fingerprint density at radius 2 is 1.92 bits per heavy atom. The van der Waals surface area contributed by atoms with Crippen LogP contribution in [0.3, 0.4) is 0 Å². The third kappa shape index (κ3) is 1.42. The van der Waals surface area contributed by atoms with Crippen LogP contribution in [0.15, 0.2) is 36.4 Å². The number of hydrogen-bond donors (Lipinski definition) is 0. The van der Waals surface area contributed by atoms with E-state index in [9.17, 15) is 8.42 Å². The quantitative estimate of drug-likeness (QED) is 0.579. The van der Waals surface area contributed by atoms with Crippen molar-refractivity contribution < 1.29 is 8.42 Å². The molecule has 66 valence electrons. The minimum absolute atomic E-state index is 0.391. The van der Waals surface area contributed by atoms with E-state index in [2.05, 4.69) is 0 Å². The SMILES string of the molecule is O=S(=O)=C1C=CCc2ccccc21. The lowest BCUT2D eigenvalue weighted by molar-refractivity contribution is 0.627. The van der Waals surface area contributed by atoms with E-state index in [0.717, 1.165) is 17.5 Å². The zero-order valence-corrected chi connectivity index (χ0v) is 7.71. The van der Waals surface area contributed by atoms with E-state index in [1.54, 1.807) is 6.08 Å². The van der Waals surface area contributed by atoms with Crippen molar-refractivity contribution in [3.63, 3.8) is 0 Å². The summed E-state index contributed by atoms with van der Waals surface area (Å²) in [5.41, 5.74) is 1.91. The van der Waals surface area contributed by atoms with Gasteiger partial charge in [0.05, 0.1) is 0 Å². The van der Waals surface area contributed by atoms with Gasteiger partial charge in [0.25, 0.3) is 0 Å². The molecule has 0 saturated carbocycles. The fourth-order valence-electron chi connectivity index (χ4n) is 1.47. The maximum atomic E-state index is 10.8. The lowest BCUT2D eigenvalue weighted by Gasteiger charge is -2.09. The van der Waals surface area contributed by atoms with E-state index in [1.165, 1.54) is 0 Å². The normalized spacial score (nSPS) is 14.0. The molecule has 2 nitrogen and oxygen atoms in total. The molecule has 0 radical (unpaired) electrons. The Morgan fingerprint density at radius 1 is 1.15 bits per heavy atom. The van der Waals surface area contributed by atoms with Crippen molar-refractivity contribution in [2.24, 2.45) is 0 Å². The lowest BCUT2D eigenvalue weighted by atomic mass is 9.97. The van der Waals surface area contributed by atoms with Crippen LogP contribution in [0.25, 0.3) is 0 Å². The largest absolute Gasteiger partial charge is 0.222 e. The Labute approximate surface area is 78.1 Å². The summed E-state index contributed by atoms with van der Waals surface area (Å²) in [6, 6.07) is 7.56. The van der Waals surface area contributed by atoms with Crippen LogP contribution in [0, 0.1) is 0 Å². The number of rotatable bonds is 0. The lowest BCUT2D eigenvalue weighted by Crippen LogP contribution is -2.06. The molecular weight excluding hydrogens is 184 g/mol. The van der Waals surface area contributed by atoms with E-state index >= 15 is 0 Å². The molecule has 0 N–H and O–H groups in total. The van der Waals surface area contributed by atoms with E-state index in [4.69, 9.17) is 0 Å². The van der Waals surface area contributed by atoms with Crippen molar-refractivity contribution in [3.8, 4) is 0 Å². The highest BCUT2D eigenvalue weighted by atomic mass is 32.2. The summed E-state index contributed by atoms with van der Waals surface area (Å²) in [7, 11) is -2.13. The summed E-state index contributed by atoms with van der Waals surface area (Å²) in [6.07, 6.45) is 4.34. The monoisotopic (exact) mass is 192 g/mol. The first-order valence-corrected chi connectivity index (χ1v) is 5.07. The van der Waals surface area contributed by atoms with Crippen LogP contribution in [0.2, 0.25) is 0 Å². The first kappa shape index (κ1) is 8.26. The molecule has 0 heterocycles. The fourth-order valence-corrected chi connectivity index (χ4v) is 2.05. The third-order valence-electron chi connectivity index (χ3n) is 2.07. The van der Waals surface area contributed by atoms with Gasteiger partial charge in [0.2, 0.25) is 10.3 Å². The Morgan fingerprint density at radius 3 is 2.69 bits per heavy atom. The van der Waals surface area contributed by atoms with E-state index < -0.39 is 10.3 Å². The molecule has 0 aliphatic heterocycles. The fraction of sp³-hybridized carbons (Fsp3) is 0.100. The number of fused-ring (bicyclic) bond motifs is 1. The molecule has 0 aromatic heterocycles. The Kier molecular flexibility index (Phi) is 2.02. The smallest absolute Gasteiger partial charge is 0.184 e. The van der Waals surface area contributed by atoms with Gasteiger partial charge < -0.3 is 0 Å². The zero-order chi connectivity index (χ0) is 9.26. The second-order valence-corrected chi connectivity index (χ2v) is 3.77. The van der Waals surface area contributed by atoms with Crippen LogP contribution in [-0.4, -0.2) is 13.3 Å². The third-order valence-corrected chi connectivity index (χ3v) is 2.78. The van der Waals surface area contributed by atoms with Crippen LogP contribution < -0.4 is 0 Å². The van der Waals surface area contributed by atoms with Gasteiger partial charge in [-0.1, -0.05) is 30.3 Å². The second kappa shape index (κ2) is 3.18. The van der Waals surface area contributed by atoms with Crippen molar-refractivity contribution in [1.82, 2.24) is 0 Å². The average molecular weight is 192 g/mol. The molecule has 1 aromatic rings. The summed E-state index contributed by atoms with van der Waals surface area (Å²) < 4.78 is 21.7. The Bertz CT molecular complexity index is 487. The summed E-state index contributed by atoms with van der Waals surface area (Å²) >= 11 is 0. The molecule has 0 atom stereocenters. The average Bonchev–Trinajstić information content (AvgIpc) is 2.17. The van der Waals surface area contributed by atoms with Crippen molar-refractivity contribution in [2.75, 3.05) is 0 Å². The minimum atomic E-state index is -2.13. The minimum Gasteiger partial charge on any atom is -0.184 e. The van der Waals surface area contributed by atoms with Crippen molar-refractivity contribution >= 4 is 15.2 Å². The summed E-state index contributed by atoms with van der Waals surface area (Å²) in [5.74, 6) is 0. The van der Waals surface area contributed by atoms with Crippen molar-refractivity contribution in [2.45, 2.75) is 6.42 Å². The van der Waals surface area contributed by atoms with Gasteiger partial charge in [-0.05, 0) is 18.1 Å². The molecule has 0 bridgehead atoms. The van der Waals surface area contributed by atoms with Gasteiger partial charge >= 0.3 is 0 Å². The maximum absolute atomic E-state index is 10.8. The summed E-state index contributed by atoms with van der Waals surface area (Å²) in [5, 5.41) is 0. The van der Waals surface area contributed by atoms with Gasteiger partial charge in [0.15, 0.2) is 0 Å². The Hall–Kier alpha value is -1.35. The van der Waals surface area contributed by atoms with Crippen LogP contribution in [-0.2, 0) is 16.7 Å². The van der Waals surface area contributed by atoms with E-state index in [-0.39, 0.29) is 0 Å². The van der Waals surface area contributed by atoms with Gasteiger partial charge in [0, 0.05) is 5.56 Å². The van der Waals surface area contributed by atoms with Crippen LogP contribution >= 0.6 is 0 Å². The first-order chi connectivity index (χ1) is 6.29. The van der Waals surface area contributed by atoms with Gasteiger partial charge in [-0.3, -0.25) is 0 Å². The predicted octanol–water partition coefficient (Wildman–Crippen LogP) is 1.20. The van der Waals surface area contributed by atoms with Crippen LogP contribution in [0.5, 0.6) is 0 Å². The molecule has 0 amide bonds. The molecule has 1 aliphatic rings. The molecule has 1 aromatic carbocycles. The zero-order valence-electron chi connectivity index (χ0n) is 6.90. The van der Waals surface area contributed by atoms with Crippen LogP contribution in [0.1, 0.15) is 11.1 Å². The molecule has 13 heavy (non-hydrogen) atoms. The maximum Gasteiger partial charge on any atom is 0.222 e. The predicted molar refractivity (Wildman–Crippen MR) is 52.3 cm³/mol. The second-order valence-electron chi connectivity index (χ2n) is 2.86. The highest BCUT2D eigenvalue weighted by Crippen LogP contribution is 2.15. The van der Waals surface area contributed by atoms with E-state index in [1.807, 2.05) is 30.3 Å². The number of benzene rings is 1. The molecule has 3 heteroatoms. The van der Waals surface area contributed by atoms with Crippen LogP contribution in [0.4, 0.5) is 0 Å². The molecule has 0 spiro atoms. The molecule has 0 saturated heterocycles. The van der Waals surface area contributed by atoms with Gasteiger partial charge in [-0.15, -0.1) is 0 Å². The molecular formula is C10H8O2S. The Balaban J connectivity index is 2.76. The van der Waals surface area contributed by atoms with Gasteiger partial charge in [0.1, 0.15) is 4.86 Å². The van der Waals surface area contributed by atoms with E-state index in [0.29, 0.717) is 4.86 Å². The standard InChI is InChI=1S/C10H8O2S/c11-13(12)10-7-3-5-8-4-1-2-6-9(8)10/h1-4,6-7H,5H2. The number of hydrogen-bond acceptors (Lipinski definition) is 2. The highest BCUT2D eigenvalue weighted by Gasteiger charge is 2.10. The van der Waals surface area contributed by atoms with Crippen molar-refractivity contribution in [1.29, 1.82) is 0 Å². The van der Waals surface area contributed by atoms with Crippen molar-refractivity contribution in [3.05, 3.63) is 47.5 Å². The van der Waals surface area contributed by atoms with Gasteiger partial charge in [-0.25, -0.2) is 0 Å². The summed E-state index contributed by atoms with van der Waals surface area (Å²) in [4.78, 5) is 0.391. The molecule has 1 aliphatic carbocycles. The molecule has 2 rings (SSSR count). The topological polar surface area (TPSA) is 34.1 Å². The first-order valence-electron chi connectivity index (χ1n) is 4.00. The number of allylic oxidation sites excluding steroid dienone is 2. The van der Waals surface area contributed by atoms with Gasteiger partial charge in [-0.2, -0.15) is 8.42 Å².